The van der Waals surface area contributed by atoms with Crippen LogP contribution in [0.25, 0.3) is 0 Å². The summed E-state index contributed by atoms with van der Waals surface area (Å²) in [6.45, 7) is 1.12. The maximum atomic E-state index is 11.9. The molecule has 0 bridgehead atoms. The number of rotatable bonds is 5. The van der Waals surface area contributed by atoms with Gasteiger partial charge in [0.1, 0.15) is 0 Å². The second-order valence-electron chi connectivity index (χ2n) is 4.61. The molecule has 1 aliphatic rings. The van der Waals surface area contributed by atoms with Crippen molar-refractivity contribution < 1.29 is 9.90 Å². The van der Waals surface area contributed by atoms with Crippen LogP contribution < -0.4 is 11.1 Å². The van der Waals surface area contributed by atoms with Gasteiger partial charge in [0.2, 0.25) is 0 Å². The molecule has 2 rings (SSSR count). The number of nitrogens with two attached hydrogens (primary N) is 1. The number of hydrogen-bond donors (Lipinski definition) is 3. The van der Waals surface area contributed by atoms with E-state index in [0.29, 0.717) is 18.8 Å². The van der Waals surface area contributed by atoms with Gasteiger partial charge in [-0.05, 0) is 12.8 Å². The van der Waals surface area contributed by atoms with Gasteiger partial charge in [-0.1, -0.05) is 11.6 Å². The average Bonchev–Trinajstić information content (AvgIpc) is 2.98. The second kappa shape index (κ2) is 5.92. The first-order chi connectivity index (χ1) is 8.74. The number of carbonyl (C=O) groups excluding carboxylic acids is 1. The summed E-state index contributed by atoms with van der Waals surface area (Å²) in [6, 6.07) is 0.0437. The molecule has 18 heavy (non-hydrogen) atoms. The Hall–Kier alpha value is -1.47. The van der Waals surface area contributed by atoms with E-state index in [2.05, 4.69) is 15.6 Å². The lowest BCUT2D eigenvalue weighted by Crippen LogP contribution is -2.38. The zero-order valence-corrected chi connectivity index (χ0v) is 10.2. The van der Waals surface area contributed by atoms with Gasteiger partial charge in [-0.15, -0.1) is 5.10 Å². The third-order valence-electron chi connectivity index (χ3n) is 3.34. The number of hydrogen-bond acceptors (Lipinski definition) is 5. The van der Waals surface area contributed by atoms with Gasteiger partial charge >= 0.3 is 0 Å². The van der Waals surface area contributed by atoms with Gasteiger partial charge in [0.25, 0.3) is 5.91 Å². The number of carbonyl (C=O) groups is 1. The number of aromatic nitrogens is 3. The van der Waals surface area contributed by atoms with Crippen molar-refractivity contribution in [2.75, 3.05) is 13.2 Å². The molecule has 7 heteroatoms. The van der Waals surface area contributed by atoms with Gasteiger partial charge in [-0.3, -0.25) is 9.48 Å². The third-order valence-corrected chi connectivity index (χ3v) is 3.34. The summed E-state index contributed by atoms with van der Waals surface area (Å²) in [5, 5.41) is 19.7. The van der Waals surface area contributed by atoms with Crippen LogP contribution in [-0.4, -0.2) is 45.2 Å². The number of aliphatic hydroxyl groups excluding tert-OH is 1. The van der Waals surface area contributed by atoms with Gasteiger partial charge in [0.05, 0.1) is 12.7 Å². The molecular weight excluding hydrogens is 234 g/mol. The van der Waals surface area contributed by atoms with Gasteiger partial charge in [0.15, 0.2) is 5.69 Å². The Morgan fingerprint density at radius 1 is 1.61 bits per heavy atom. The first kappa shape index (κ1) is 13.0. The number of nitrogens with one attached hydrogen (secondary N) is 1. The highest BCUT2D eigenvalue weighted by atomic mass is 16.3. The highest BCUT2D eigenvalue weighted by molar-refractivity contribution is 5.92. The van der Waals surface area contributed by atoms with Crippen LogP contribution in [0, 0.1) is 5.92 Å². The van der Waals surface area contributed by atoms with Crippen molar-refractivity contribution in [3.63, 3.8) is 0 Å². The molecule has 0 unspecified atom stereocenters. The summed E-state index contributed by atoms with van der Waals surface area (Å²) >= 11 is 0. The minimum atomic E-state index is -0.233. The zero-order valence-electron chi connectivity index (χ0n) is 10.2. The van der Waals surface area contributed by atoms with E-state index >= 15 is 0 Å². The molecule has 0 spiro atoms. The summed E-state index contributed by atoms with van der Waals surface area (Å²) in [5.41, 5.74) is 5.70. The quantitative estimate of drug-likeness (QED) is 0.632. The monoisotopic (exact) mass is 253 g/mol. The Morgan fingerprint density at radius 3 is 3.17 bits per heavy atom. The average molecular weight is 253 g/mol. The molecule has 1 heterocycles. The largest absolute Gasteiger partial charge is 0.396 e. The van der Waals surface area contributed by atoms with Gasteiger partial charge in [-0.25, -0.2) is 0 Å². The predicted molar refractivity (Wildman–Crippen MR) is 64.8 cm³/mol. The lowest BCUT2D eigenvalue weighted by atomic mass is 10.1. The predicted octanol–water partition coefficient (Wildman–Crippen LogP) is -0.872. The molecule has 4 N–H and O–H groups in total. The van der Waals surface area contributed by atoms with E-state index in [1.807, 2.05) is 0 Å². The summed E-state index contributed by atoms with van der Waals surface area (Å²) in [5.74, 6) is -0.0725. The Labute approximate surface area is 105 Å². The summed E-state index contributed by atoms with van der Waals surface area (Å²) in [6.07, 6.45) is 4.50. The maximum Gasteiger partial charge on any atom is 0.273 e. The number of amides is 1. The molecule has 1 aromatic rings. The van der Waals surface area contributed by atoms with Crippen LogP contribution in [0.1, 0.15) is 29.8 Å². The van der Waals surface area contributed by atoms with Crippen LogP contribution in [0.15, 0.2) is 6.20 Å². The Balaban J connectivity index is 1.94. The molecular formula is C11H19N5O2. The van der Waals surface area contributed by atoms with Crippen LogP contribution in [0.4, 0.5) is 0 Å². The molecule has 100 valence electrons. The number of nitrogens with zero attached hydrogens (tertiary/aromatic N) is 3. The first-order valence-electron chi connectivity index (χ1n) is 6.26. The zero-order chi connectivity index (χ0) is 13.0. The van der Waals surface area contributed by atoms with E-state index in [1.54, 1.807) is 10.9 Å². The molecule has 0 saturated heterocycles. The molecule has 2 atom stereocenters. The van der Waals surface area contributed by atoms with E-state index in [4.69, 9.17) is 5.73 Å². The SMILES string of the molecule is NCCn1cc(C(=O)N[C@@H]2CCC[C@@H]2CO)nn1. The lowest BCUT2D eigenvalue weighted by Gasteiger charge is -2.17. The van der Waals surface area contributed by atoms with E-state index in [9.17, 15) is 9.90 Å². The van der Waals surface area contributed by atoms with Crippen molar-refractivity contribution in [3.05, 3.63) is 11.9 Å². The normalized spacial score (nSPS) is 23.2. The van der Waals surface area contributed by atoms with Gasteiger partial charge < -0.3 is 16.2 Å². The van der Waals surface area contributed by atoms with Crippen molar-refractivity contribution in [1.82, 2.24) is 20.3 Å². The summed E-state index contributed by atoms with van der Waals surface area (Å²) in [7, 11) is 0. The maximum absolute atomic E-state index is 11.9. The highest BCUT2D eigenvalue weighted by Crippen LogP contribution is 2.25. The molecule has 1 aromatic heterocycles. The Bertz CT molecular complexity index is 406. The Morgan fingerprint density at radius 2 is 2.44 bits per heavy atom. The summed E-state index contributed by atoms with van der Waals surface area (Å²) in [4.78, 5) is 11.9. The fourth-order valence-electron chi connectivity index (χ4n) is 2.33. The van der Waals surface area contributed by atoms with E-state index in [1.165, 1.54) is 0 Å². The van der Waals surface area contributed by atoms with Crippen LogP contribution in [0.3, 0.4) is 0 Å². The molecule has 1 aliphatic carbocycles. The van der Waals surface area contributed by atoms with E-state index in [0.717, 1.165) is 19.3 Å². The minimum absolute atomic E-state index is 0.0437. The van der Waals surface area contributed by atoms with Crippen LogP contribution in [0.5, 0.6) is 0 Å². The Kier molecular flexibility index (Phi) is 4.27. The van der Waals surface area contributed by atoms with Crippen molar-refractivity contribution in [3.8, 4) is 0 Å². The van der Waals surface area contributed by atoms with Gasteiger partial charge in [-0.2, -0.15) is 0 Å². The van der Waals surface area contributed by atoms with E-state index < -0.39 is 0 Å². The molecule has 0 aromatic carbocycles. The minimum Gasteiger partial charge on any atom is -0.396 e. The molecule has 7 nitrogen and oxygen atoms in total. The highest BCUT2D eigenvalue weighted by Gasteiger charge is 2.28. The van der Waals surface area contributed by atoms with Crippen molar-refractivity contribution in [2.24, 2.45) is 11.7 Å². The second-order valence-corrected chi connectivity index (χ2v) is 4.61. The number of aliphatic hydroxyl groups is 1. The fourth-order valence-corrected chi connectivity index (χ4v) is 2.33. The van der Waals surface area contributed by atoms with Crippen LogP contribution in [-0.2, 0) is 6.54 Å². The summed E-state index contributed by atoms with van der Waals surface area (Å²) < 4.78 is 1.55. The van der Waals surface area contributed by atoms with Crippen LogP contribution in [0.2, 0.25) is 0 Å². The molecule has 1 fully saturated rings. The standard InChI is InChI=1S/C11H19N5O2/c12-4-5-16-6-10(14-15-16)11(18)13-9-3-1-2-8(9)7-17/h6,8-9,17H,1-5,7,12H2,(H,13,18)/t8-,9-/m1/s1. The fraction of sp³-hybridized carbons (Fsp3) is 0.727. The molecule has 1 amide bonds. The first-order valence-corrected chi connectivity index (χ1v) is 6.26. The topological polar surface area (TPSA) is 106 Å². The third kappa shape index (κ3) is 2.85. The van der Waals surface area contributed by atoms with Crippen LogP contribution >= 0.6 is 0 Å². The molecule has 1 saturated carbocycles. The van der Waals surface area contributed by atoms with Crippen molar-refractivity contribution >= 4 is 5.91 Å². The molecule has 0 aliphatic heterocycles. The molecule has 0 radical (unpaired) electrons. The van der Waals surface area contributed by atoms with Crippen molar-refractivity contribution in [2.45, 2.75) is 31.8 Å². The van der Waals surface area contributed by atoms with Gasteiger partial charge in [0, 0.05) is 25.1 Å². The van der Waals surface area contributed by atoms with Crippen molar-refractivity contribution in [1.29, 1.82) is 0 Å². The smallest absolute Gasteiger partial charge is 0.273 e. The lowest BCUT2D eigenvalue weighted by molar-refractivity contribution is 0.0911. The van der Waals surface area contributed by atoms with E-state index in [-0.39, 0.29) is 24.5 Å².